The van der Waals surface area contributed by atoms with Gasteiger partial charge in [0.15, 0.2) is 0 Å². The average molecular weight is 249 g/mol. The van der Waals surface area contributed by atoms with Crippen molar-refractivity contribution in [1.29, 1.82) is 0 Å². The third kappa shape index (κ3) is 3.61. The Labute approximate surface area is 111 Å². The van der Waals surface area contributed by atoms with Crippen molar-refractivity contribution >= 4 is 0 Å². The van der Waals surface area contributed by atoms with E-state index >= 15 is 0 Å². The van der Waals surface area contributed by atoms with Crippen molar-refractivity contribution in [2.45, 2.75) is 77.4 Å². The van der Waals surface area contributed by atoms with Crippen LogP contribution in [0.25, 0.3) is 0 Å². The average Bonchev–Trinajstić information content (AvgIpc) is 2.70. The summed E-state index contributed by atoms with van der Waals surface area (Å²) in [6.45, 7) is 3.37. The van der Waals surface area contributed by atoms with Gasteiger partial charge in [0, 0.05) is 24.5 Å². The van der Waals surface area contributed by atoms with Crippen molar-refractivity contribution in [2.24, 2.45) is 0 Å². The number of hydrogen-bond acceptors (Lipinski definition) is 1. The summed E-state index contributed by atoms with van der Waals surface area (Å²) in [7, 11) is 0. The molecule has 1 aliphatic rings. The zero-order chi connectivity index (χ0) is 12.8. The minimum Gasteiger partial charge on any atom is -0.388 e. The van der Waals surface area contributed by atoms with Crippen LogP contribution in [0.5, 0.6) is 0 Å². The summed E-state index contributed by atoms with van der Waals surface area (Å²) < 4.78 is 2.30. The summed E-state index contributed by atoms with van der Waals surface area (Å²) in [4.78, 5) is 0. The number of nitrogens with zero attached hydrogens (tertiary/aromatic N) is 1. The number of aliphatic hydroxyl groups is 1. The van der Waals surface area contributed by atoms with Crippen LogP contribution in [0.3, 0.4) is 0 Å². The quantitative estimate of drug-likeness (QED) is 0.592. The molecule has 0 fully saturated rings. The molecule has 0 aliphatic heterocycles. The van der Waals surface area contributed by atoms with E-state index in [4.69, 9.17) is 0 Å². The van der Waals surface area contributed by atoms with Gasteiger partial charge in [0.25, 0.3) is 0 Å². The van der Waals surface area contributed by atoms with E-state index in [1.165, 1.54) is 49.7 Å². The molecule has 0 radical (unpaired) electrons. The molecule has 0 saturated carbocycles. The number of aliphatic hydroxyl groups excluding tert-OH is 1. The summed E-state index contributed by atoms with van der Waals surface area (Å²) in [5.74, 6) is 0. The topological polar surface area (TPSA) is 25.2 Å². The highest BCUT2D eigenvalue weighted by Crippen LogP contribution is 2.29. The van der Waals surface area contributed by atoms with Crippen LogP contribution in [0, 0.1) is 0 Å². The van der Waals surface area contributed by atoms with E-state index < -0.39 is 0 Å². The Bertz CT molecular complexity index is 356. The fourth-order valence-electron chi connectivity index (χ4n) is 2.92. The van der Waals surface area contributed by atoms with Crippen molar-refractivity contribution in [2.75, 3.05) is 0 Å². The molecule has 102 valence electrons. The third-order valence-corrected chi connectivity index (χ3v) is 4.05. The Kier molecular flexibility index (Phi) is 5.30. The molecule has 1 N–H and O–H groups in total. The van der Waals surface area contributed by atoms with Gasteiger partial charge < -0.3 is 9.67 Å². The van der Waals surface area contributed by atoms with Crippen molar-refractivity contribution in [3.05, 3.63) is 23.5 Å². The molecule has 1 aliphatic carbocycles. The molecule has 1 atom stereocenters. The molecule has 0 saturated heterocycles. The summed E-state index contributed by atoms with van der Waals surface area (Å²) in [5, 5.41) is 10.1. The van der Waals surface area contributed by atoms with Gasteiger partial charge >= 0.3 is 0 Å². The van der Waals surface area contributed by atoms with Crippen molar-refractivity contribution in [3.8, 4) is 0 Å². The molecule has 0 aromatic carbocycles. The molecule has 2 nitrogen and oxygen atoms in total. The molecule has 1 unspecified atom stereocenters. The van der Waals surface area contributed by atoms with Crippen LogP contribution in [-0.2, 0) is 13.0 Å². The number of aromatic nitrogens is 1. The Balaban J connectivity index is 1.85. The van der Waals surface area contributed by atoms with E-state index in [9.17, 15) is 5.11 Å². The van der Waals surface area contributed by atoms with Gasteiger partial charge in [-0.1, -0.05) is 39.0 Å². The van der Waals surface area contributed by atoms with Gasteiger partial charge in [-0.2, -0.15) is 0 Å². The highest BCUT2D eigenvalue weighted by Gasteiger charge is 2.17. The van der Waals surface area contributed by atoms with Crippen LogP contribution in [0.2, 0.25) is 0 Å². The summed E-state index contributed by atoms with van der Waals surface area (Å²) in [5.41, 5.74) is 2.58. The molecule has 0 bridgehead atoms. The summed E-state index contributed by atoms with van der Waals surface area (Å²) in [6, 6.07) is 0. The number of aryl methyl sites for hydroxylation is 2. The highest BCUT2D eigenvalue weighted by atomic mass is 16.3. The van der Waals surface area contributed by atoms with Crippen LogP contribution in [-0.4, -0.2) is 9.67 Å². The largest absolute Gasteiger partial charge is 0.388 e. The molecule has 2 heteroatoms. The maximum atomic E-state index is 10.1. The van der Waals surface area contributed by atoms with Crippen LogP contribution in [0.15, 0.2) is 12.4 Å². The van der Waals surface area contributed by atoms with Crippen LogP contribution in [0.4, 0.5) is 0 Å². The molecule has 1 aromatic rings. The first-order valence-electron chi connectivity index (χ1n) is 7.68. The van der Waals surface area contributed by atoms with E-state index in [0.29, 0.717) is 0 Å². The first-order valence-corrected chi connectivity index (χ1v) is 7.68. The van der Waals surface area contributed by atoms with Crippen LogP contribution in [0.1, 0.15) is 75.5 Å². The Hall–Kier alpha value is -0.760. The van der Waals surface area contributed by atoms with Gasteiger partial charge in [0.1, 0.15) is 0 Å². The highest BCUT2D eigenvalue weighted by molar-refractivity contribution is 5.27. The third-order valence-electron chi connectivity index (χ3n) is 4.05. The first kappa shape index (κ1) is 13.7. The SMILES string of the molecule is CCCCCCCn1cc2c(c1)C(O)CCCC2. The van der Waals surface area contributed by atoms with Crippen molar-refractivity contribution in [3.63, 3.8) is 0 Å². The van der Waals surface area contributed by atoms with Gasteiger partial charge in [-0.3, -0.25) is 0 Å². The standard InChI is InChI=1S/C16H27NO/c1-2-3-4-5-8-11-17-12-14-9-6-7-10-16(18)15(14)13-17/h12-13,16,18H,2-11H2,1H3. The molecule has 2 rings (SSSR count). The van der Waals surface area contributed by atoms with E-state index in [-0.39, 0.29) is 6.10 Å². The first-order chi connectivity index (χ1) is 8.81. The number of rotatable bonds is 6. The van der Waals surface area contributed by atoms with E-state index in [1.54, 1.807) is 0 Å². The van der Waals surface area contributed by atoms with E-state index in [1.807, 2.05) is 0 Å². The minimum atomic E-state index is -0.219. The second kappa shape index (κ2) is 6.98. The molecular formula is C16H27NO. The predicted octanol–water partition coefficient (Wildman–Crippen LogP) is 4.22. The van der Waals surface area contributed by atoms with Gasteiger partial charge in [-0.15, -0.1) is 0 Å². The monoisotopic (exact) mass is 249 g/mol. The molecule has 18 heavy (non-hydrogen) atoms. The fraction of sp³-hybridized carbons (Fsp3) is 0.750. The zero-order valence-electron chi connectivity index (χ0n) is 11.7. The lowest BCUT2D eigenvalue weighted by molar-refractivity contribution is 0.166. The van der Waals surface area contributed by atoms with Crippen LogP contribution < -0.4 is 0 Å². The lowest BCUT2D eigenvalue weighted by Crippen LogP contribution is -1.97. The second-order valence-electron chi connectivity index (χ2n) is 5.65. The predicted molar refractivity (Wildman–Crippen MR) is 75.7 cm³/mol. The van der Waals surface area contributed by atoms with Crippen molar-refractivity contribution < 1.29 is 5.11 Å². The van der Waals surface area contributed by atoms with E-state index in [0.717, 1.165) is 25.8 Å². The normalized spacial score (nSPS) is 19.6. The van der Waals surface area contributed by atoms with Crippen molar-refractivity contribution in [1.82, 2.24) is 4.57 Å². The number of hydrogen-bond donors (Lipinski definition) is 1. The van der Waals surface area contributed by atoms with E-state index in [2.05, 4.69) is 23.9 Å². The second-order valence-corrected chi connectivity index (χ2v) is 5.65. The molecule has 0 spiro atoms. The van der Waals surface area contributed by atoms with Gasteiger partial charge in [-0.05, 0) is 31.2 Å². The fourth-order valence-corrected chi connectivity index (χ4v) is 2.92. The molecule has 0 amide bonds. The Morgan fingerprint density at radius 3 is 2.83 bits per heavy atom. The lowest BCUT2D eigenvalue weighted by atomic mass is 10.1. The maximum absolute atomic E-state index is 10.1. The smallest absolute Gasteiger partial charge is 0.0807 e. The number of fused-ring (bicyclic) bond motifs is 1. The Morgan fingerprint density at radius 1 is 1.17 bits per heavy atom. The summed E-state index contributed by atoms with van der Waals surface area (Å²) >= 11 is 0. The minimum absolute atomic E-state index is 0.219. The zero-order valence-corrected chi connectivity index (χ0v) is 11.7. The Morgan fingerprint density at radius 2 is 2.00 bits per heavy atom. The van der Waals surface area contributed by atoms with Gasteiger partial charge in [0.05, 0.1) is 6.10 Å². The maximum Gasteiger partial charge on any atom is 0.0807 e. The molecule has 1 heterocycles. The molecule has 1 aromatic heterocycles. The number of unbranched alkanes of at least 4 members (excludes halogenated alkanes) is 4. The molecular weight excluding hydrogens is 222 g/mol. The lowest BCUT2D eigenvalue weighted by Gasteiger charge is -2.06. The van der Waals surface area contributed by atoms with Gasteiger partial charge in [0.2, 0.25) is 0 Å². The summed E-state index contributed by atoms with van der Waals surface area (Å²) in [6.07, 6.45) is 15.3. The van der Waals surface area contributed by atoms with Gasteiger partial charge in [-0.25, -0.2) is 0 Å². The van der Waals surface area contributed by atoms with Crippen LogP contribution >= 0.6 is 0 Å².